The van der Waals surface area contributed by atoms with Crippen LogP contribution in [0.2, 0.25) is 0 Å². The Hall–Kier alpha value is -4.28. The third-order valence-electron chi connectivity index (χ3n) is 7.05. The summed E-state index contributed by atoms with van der Waals surface area (Å²) in [5, 5.41) is 18.4. The molecule has 0 spiro atoms. The van der Waals surface area contributed by atoms with E-state index in [1.54, 1.807) is 34.1 Å². The molecule has 0 saturated carbocycles. The maximum absolute atomic E-state index is 14.2. The fraction of sp³-hybridized carbons (Fsp3) is 0.429. The molecule has 13 heteroatoms. The molecule has 0 aliphatic carbocycles. The highest BCUT2D eigenvalue weighted by molar-refractivity contribution is 7.21. The minimum absolute atomic E-state index is 0.00568. The van der Waals surface area contributed by atoms with Gasteiger partial charge in [0, 0.05) is 24.2 Å². The van der Waals surface area contributed by atoms with Crippen LogP contribution in [0.15, 0.2) is 46.2 Å². The van der Waals surface area contributed by atoms with Crippen LogP contribution in [0.3, 0.4) is 0 Å². The van der Waals surface area contributed by atoms with E-state index in [4.69, 9.17) is 14.7 Å². The van der Waals surface area contributed by atoms with E-state index in [1.807, 2.05) is 32.0 Å². The molecule has 0 fully saturated rings. The van der Waals surface area contributed by atoms with E-state index in [1.165, 1.54) is 38.0 Å². The first kappa shape index (κ1) is 29.7. The second-order valence-electron chi connectivity index (χ2n) is 9.83. The Kier molecular flexibility index (Phi) is 9.05. The molecule has 0 radical (unpaired) electrons. The van der Waals surface area contributed by atoms with E-state index >= 15 is 0 Å². The topological polar surface area (TPSA) is 137 Å². The van der Waals surface area contributed by atoms with Crippen LogP contribution in [-0.4, -0.2) is 61.7 Å². The Balaban J connectivity index is 1.99. The second-order valence-corrected chi connectivity index (χ2v) is 10.8. The molecule has 1 unspecified atom stereocenters. The molecule has 41 heavy (non-hydrogen) atoms. The highest BCUT2D eigenvalue weighted by Gasteiger charge is 2.30. The van der Waals surface area contributed by atoms with Crippen molar-refractivity contribution >= 4 is 27.5 Å². The number of aryl methyl sites for hydroxylation is 1. The zero-order valence-electron chi connectivity index (χ0n) is 23.9. The standard InChI is InChI=1S/C28H33N7O5S/c1-17(2)32(5)24(36)19(4)34-25(37)23-18(3)26(35-30-13-14-31-35)41-27(23)33(28(34)38)16-22(40-15-9-12-29)20-10-7-8-11-21(20)39-6/h7-8,10-11,13-14,17,19,22H,9,15-16H2,1-6H3/t19?,22-/m0/s1. The number of rotatable bonds is 11. The number of fused-ring (bicyclic) bond motifs is 1. The van der Waals surface area contributed by atoms with Gasteiger partial charge in [-0.25, -0.2) is 9.36 Å². The number of para-hydroxylation sites is 1. The summed E-state index contributed by atoms with van der Waals surface area (Å²) >= 11 is 1.21. The normalized spacial score (nSPS) is 12.8. The Bertz CT molecular complexity index is 1700. The number of hydrogen-bond acceptors (Lipinski definition) is 9. The van der Waals surface area contributed by atoms with E-state index in [9.17, 15) is 14.4 Å². The number of aromatic nitrogens is 5. The molecule has 1 aromatic carbocycles. The van der Waals surface area contributed by atoms with Crippen LogP contribution < -0.4 is 16.0 Å². The average Bonchev–Trinajstić information content (AvgIpc) is 3.61. The average molecular weight is 580 g/mol. The van der Waals surface area contributed by atoms with Crippen molar-refractivity contribution in [3.63, 3.8) is 0 Å². The number of nitrogens with zero attached hydrogens (tertiary/aromatic N) is 7. The summed E-state index contributed by atoms with van der Waals surface area (Å²) in [5.74, 6) is 0.191. The Morgan fingerprint density at radius 1 is 1.17 bits per heavy atom. The third-order valence-corrected chi connectivity index (χ3v) is 8.33. The van der Waals surface area contributed by atoms with Gasteiger partial charge in [-0.3, -0.25) is 14.2 Å². The van der Waals surface area contributed by atoms with Crippen LogP contribution in [0.4, 0.5) is 0 Å². The van der Waals surface area contributed by atoms with Gasteiger partial charge in [-0.15, -0.1) is 4.80 Å². The smallest absolute Gasteiger partial charge is 0.332 e. The van der Waals surface area contributed by atoms with Crippen molar-refractivity contribution in [2.75, 3.05) is 20.8 Å². The summed E-state index contributed by atoms with van der Waals surface area (Å²) in [4.78, 5) is 44.8. The van der Waals surface area contributed by atoms with Gasteiger partial charge in [0.25, 0.3) is 5.56 Å². The molecule has 0 saturated heterocycles. The number of nitriles is 1. The Morgan fingerprint density at radius 2 is 1.85 bits per heavy atom. The molecule has 3 aromatic heterocycles. The molecule has 0 N–H and O–H groups in total. The molecular weight excluding hydrogens is 546 g/mol. The van der Waals surface area contributed by atoms with Gasteiger partial charge in [-0.05, 0) is 33.8 Å². The highest BCUT2D eigenvalue weighted by atomic mass is 32.1. The fourth-order valence-electron chi connectivity index (χ4n) is 4.61. The lowest BCUT2D eigenvalue weighted by Gasteiger charge is -2.26. The molecule has 0 aliphatic heterocycles. The number of benzene rings is 1. The fourth-order valence-corrected chi connectivity index (χ4v) is 5.83. The van der Waals surface area contributed by atoms with E-state index in [-0.39, 0.29) is 31.5 Å². The number of thiophene rings is 1. The first-order chi connectivity index (χ1) is 19.6. The molecule has 4 rings (SSSR count). The molecule has 12 nitrogen and oxygen atoms in total. The lowest BCUT2D eigenvalue weighted by molar-refractivity contribution is -0.134. The molecule has 216 valence electrons. The van der Waals surface area contributed by atoms with E-state index in [0.717, 1.165) is 4.57 Å². The van der Waals surface area contributed by atoms with Gasteiger partial charge < -0.3 is 14.4 Å². The predicted molar refractivity (Wildman–Crippen MR) is 155 cm³/mol. The van der Waals surface area contributed by atoms with Crippen molar-refractivity contribution in [3.8, 4) is 16.8 Å². The Morgan fingerprint density at radius 3 is 2.49 bits per heavy atom. The highest BCUT2D eigenvalue weighted by Crippen LogP contribution is 2.33. The first-order valence-corrected chi connectivity index (χ1v) is 14.0. The lowest BCUT2D eigenvalue weighted by Crippen LogP contribution is -2.47. The van der Waals surface area contributed by atoms with E-state index < -0.39 is 23.4 Å². The number of ether oxygens (including phenoxy) is 2. The molecular formula is C28H33N7O5S. The number of likely N-dealkylation sites (N-methyl/N-ethyl adjacent to an activating group) is 1. The van der Waals surface area contributed by atoms with Crippen LogP contribution in [0, 0.1) is 18.3 Å². The summed E-state index contributed by atoms with van der Waals surface area (Å²) in [6, 6.07) is 8.15. The van der Waals surface area contributed by atoms with Crippen molar-refractivity contribution in [2.45, 2.75) is 58.8 Å². The number of carbonyl (C=O) groups excluding carboxylic acids is 1. The first-order valence-electron chi connectivity index (χ1n) is 13.2. The summed E-state index contributed by atoms with van der Waals surface area (Å²) < 4.78 is 14.2. The minimum Gasteiger partial charge on any atom is -0.496 e. The van der Waals surface area contributed by atoms with Gasteiger partial charge in [0.1, 0.15) is 27.7 Å². The third kappa shape index (κ3) is 5.66. The molecule has 1 amide bonds. The van der Waals surface area contributed by atoms with Gasteiger partial charge in [0.15, 0.2) is 0 Å². The molecule has 2 atom stereocenters. The van der Waals surface area contributed by atoms with Crippen LogP contribution in [0.25, 0.3) is 15.2 Å². The van der Waals surface area contributed by atoms with Gasteiger partial charge in [0.05, 0.1) is 50.5 Å². The van der Waals surface area contributed by atoms with Gasteiger partial charge in [-0.1, -0.05) is 29.5 Å². The number of carbonyl (C=O) groups is 1. The molecule has 3 heterocycles. The van der Waals surface area contributed by atoms with Gasteiger partial charge in [-0.2, -0.15) is 15.5 Å². The lowest BCUT2D eigenvalue weighted by atomic mass is 10.1. The van der Waals surface area contributed by atoms with Crippen molar-refractivity contribution in [1.29, 1.82) is 5.26 Å². The maximum atomic E-state index is 14.2. The van der Waals surface area contributed by atoms with Crippen LogP contribution >= 0.6 is 11.3 Å². The van der Waals surface area contributed by atoms with Crippen molar-refractivity contribution in [2.24, 2.45) is 0 Å². The summed E-state index contributed by atoms with van der Waals surface area (Å²) in [6.45, 7) is 7.16. The molecule has 0 bridgehead atoms. The summed E-state index contributed by atoms with van der Waals surface area (Å²) in [7, 11) is 3.18. The van der Waals surface area contributed by atoms with Crippen LogP contribution in [0.5, 0.6) is 5.75 Å². The zero-order valence-corrected chi connectivity index (χ0v) is 24.7. The number of hydrogen-bond donors (Lipinski definition) is 0. The zero-order chi connectivity index (χ0) is 29.8. The largest absolute Gasteiger partial charge is 0.496 e. The van der Waals surface area contributed by atoms with Crippen LogP contribution in [0.1, 0.15) is 50.5 Å². The second kappa shape index (κ2) is 12.5. The Labute approximate surface area is 240 Å². The van der Waals surface area contributed by atoms with E-state index in [0.29, 0.717) is 32.1 Å². The SMILES string of the molecule is COc1ccccc1[C@H](Cn1c(=O)n(C(C)C(=O)N(C)C(C)C)c(=O)c2c(C)c(-n3nccn3)sc21)OCCC#N. The van der Waals surface area contributed by atoms with Crippen molar-refractivity contribution in [1.82, 2.24) is 29.0 Å². The number of methoxy groups -OCH3 is 1. The van der Waals surface area contributed by atoms with E-state index in [2.05, 4.69) is 16.3 Å². The van der Waals surface area contributed by atoms with Crippen molar-refractivity contribution < 1.29 is 14.3 Å². The molecule has 4 aromatic rings. The van der Waals surface area contributed by atoms with Crippen molar-refractivity contribution in [3.05, 3.63) is 68.6 Å². The monoisotopic (exact) mass is 579 g/mol. The van der Waals surface area contributed by atoms with Gasteiger partial charge >= 0.3 is 5.69 Å². The maximum Gasteiger partial charge on any atom is 0.332 e. The predicted octanol–water partition coefficient (Wildman–Crippen LogP) is 3.22. The van der Waals surface area contributed by atoms with Crippen LogP contribution in [-0.2, 0) is 16.1 Å². The number of amides is 1. The van der Waals surface area contributed by atoms with Gasteiger partial charge in [0.2, 0.25) is 5.91 Å². The summed E-state index contributed by atoms with van der Waals surface area (Å²) in [5.41, 5.74) is 0.0534. The summed E-state index contributed by atoms with van der Waals surface area (Å²) in [6.07, 6.45) is 2.50. The minimum atomic E-state index is -1.06. The molecule has 0 aliphatic rings. The quantitative estimate of drug-likeness (QED) is 0.247.